The molecule has 5 heteroatoms. The van der Waals surface area contributed by atoms with Gasteiger partial charge in [-0.1, -0.05) is 91.3 Å². The largest absolute Gasteiger partial charge is 0.467 e. The van der Waals surface area contributed by atoms with E-state index < -0.39 is 7.92 Å². The maximum Gasteiger partial charge on any atom is 0.188 e. The molecule has 184 valence electrons. The Morgan fingerprint density at radius 2 is 1.12 bits per heavy atom. The third kappa shape index (κ3) is 7.18. The summed E-state index contributed by atoms with van der Waals surface area (Å²) in [6, 6.07) is 13.1. The van der Waals surface area contributed by atoms with Gasteiger partial charge in [-0.25, -0.2) is 0 Å². The van der Waals surface area contributed by atoms with E-state index in [4.69, 9.17) is 18.9 Å². The first-order valence-corrected chi connectivity index (χ1v) is 13.4. The predicted molar refractivity (Wildman–Crippen MR) is 141 cm³/mol. The molecule has 0 N–H and O–H groups in total. The highest BCUT2D eigenvalue weighted by atomic mass is 31.1. The van der Waals surface area contributed by atoms with E-state index in [0.29, 0.717) is 0 Å². The second kappa shape index (κ2) is 12.2. The predicted octanol–water partition coefficient (Wildman–Crippen LogP) is 6.48. The molecule has 0 aliphatic rings. The normalized spacial score (nSPS) is 12.3. The Balaban J connectivity index is 2.79. The lowest BCUT2D eigenvalue weighted by molar-refractivity contribution is 0.0506. The Morgan fingerprint density at radius 1 is 0.697 bits per heavy atom. The van der Waals surface area contributed by atoms with Gasteiger partial charge in [0.25, 0.3) is 0 Å². The van der Waals surface area contributed by atoms with Gasteiger partial charge in [0.15, 0.2) is 13.6 Å². The van der Waals surface area contributed by atoms with Crippen LogP contribution in [-0.4, -0.2) is 34.0 Å². The van der Waals surface area contributed by atoms with Crippen molar-refractivity contribution in [3.8, 4) is 11.5 Å². The average molecular weight is 475 g/mol. The number of hydrogen-bond acceptors (Lipinski definition) is 4. The fourth-order valence-corrected chi connectivity index (χ4v) is 6.65. The van der Waals surface area contributed by atoms with Crippen LogP contribution in [0.3, 0.4) is 0 Å². The zero-order chi connectivity index (χ0) is 24.6. The van der Waals surface area contributed by atoms with Crippen LogP contribution in [0, 0.1) is 0 Å². The van der Waals surface area contributed by atoms with Gasteiger partial charge in [-0.15, -0.1) is 0 Å². The number of unbranched alkanes of at least 4 members (excludes halogenated alkanes) is 1. The number of para-hydroxylation sites is 2. The van der Waals surface area contributed by atoms with E-state index in [1.165, 1.54) is 21.7 Å². The third-order valence-corrected chi connectivity index (χ3v) is 8.19. The molecule has 0 aromatic heterocycles. The molecule has 0 aliphatic carbocycles. The SMILES string of the molecule is CCCCP(c1cccc(C(C)(C)C)c1OCOC)c1cccc(C(C)(C)C)c1OCOC. The minimum atomic E-state index is -0.719. The van der Waals surface area contributed by atoms with E-state index in [0.717, 1.165) is 30.5 Å². The molecule has 4 nitrogen and oxygen atoms in total. The molecule has 2 aromatic carbocycles. The first-order valence-electron chi connectivity index (χ1n) is 11.8. The first-order chi connectivity index (χ1) is 15.6. The molecule has 0 atom stereocenters. The third-order valence-electron chi connectivity index (χ3n) is 5.56. The molecular formula is C28H43O4P. The Morgan fingerprint density at radius 3 is 1.45 bits per heavy atom. The minimum Gasteiger partial charge on any atom is -0.467 e. The lowest BCUT2D eigenvalue weighted by atomic mass is 9.86. The van der Waals surface area contributed by atoms with Gasteiger partial charge in [-0.3, -0.25) is 0 Å². The van der Waals surface area contributed by atoms with Crippen molar-refractivity contribution in [3.05, 3.63) is 47.5 Å². The molecule has 0 saturated carbocycles. The molecule has 33 heavy (non-hydrogen) atoms. The van der Waals surface area contributed by atoms with E-state index in [1.807, 2.05) is 0 Å². The van der Waals surface area contributed by atoms with Crippen LogP contribution in [0.15, 0.2) is 36.4 Å². The summed E-state index contributed by atoms with van der Waals surface area (Å²) >= 11 is 0. The summed E-state index contributed by atoms with van der Waals surface area (Å²) in [6.07, 6.45) is 3.34. The van der Waals surface area contributed by atoms with Crippen molar-refractivity contribution < 1.29 is 18.9 Å². The molecule has 0 spiro atoms. The maximum absolute atomic E-state index is 6.27. The summed E-state index contributed by atoms with van der Waals surface area (Å²) in [5.74, 6) is 1.90. The van der Waals surface area contributed by atoms with Crippen molar-refractivity contribution in [3.63, 3.8) is 0 Å². The topological polar surface area (TPSA) is 36.9 Å². The van der Waals surface area contributed by atoms with Crippen molar-refractivity contribution in [2.75, 3.05) is 34.0 Å². The van der Waals surface area contributed by atoms with Crippen LogP contribution in [0.25, 0.3) is 0 Å². The lowest BCUT2D eigenvalue weighted by Gasteiger charge is -2.31. The zero-order valence-corrected chi connectivity index (χ0v) is 23.0. The first kappa shape index (κ1) is 27.6. The van der Waals surface area contributed by atoms with Crippen LogP contribution in [0.4, 0.5) is 0 Å². The van der Waals surface area contributed by atoms with Crippen LogP contribution in [0.2, 0.25) is 0 Å². The number of hydrogen-bond donors (Lipinski definition) is 0. The highest BCUT2D eigenvalue weighted by molar-refractivity contribution is 7.73. The van der Waals surface area contributed by atoms with Crippen LogP contribution >= 0.6 is 7.92 Å². The summed E-state index contributed by atoms with van der Waals surface area (Å²) in [4.78, 5) is 0. The lowest BCUT2D eigenvalue weighted by Crippen LogP contribution is -2.25. The van der Waals surface area contributed by atoms with Crippen molar-refractivity contribution in [1.29, 1.82) is 0 Å². The Bertz CT molecular complexity index is 811. The molecule has 0 radical (unpaired) electrons. The van der Waals surface area contributed by atoms with Crippen LogP contribution in [-0.2, 0) is 20.3 Å². The molecule has 0 bridgehead atoms. The van der Waals surface area contributed by atoms with Gasteiger partial charge in [0, 0.05) is 36.0 Å². The van der Waals surface area contributed by atoms with Gasteiger partial charge in [0.1, 0.15) is 11.5 Å². The van der Waals surface area contributed by atoms with Gasteiger partial charge >= 0.3 is 0 Å². The maximum atomic E-state index is 6.27. The van der Waals surface area contributed by atoms with E-state index >= 15 is 0 Å². The summed E-state index contributed by atoms with van der Waals surface area (Å²) in [5, 5.41) is 2.49. The summed E-state index contributed by atoms with van der Waals surface area (Å²) in [6.45, 7) is 16.1. The highest BCUT2D eigenvalue weighted by Gasteiger charge is 2.29. The van der Waals surface area contributed by atoms with Gasteiger partial charge in [0.05, 0.1) is 0 Å². The zero-order valence-electron chi connectivity index (χ0n) is 22.1. The van der Waals surface area contributed by atoms with Gasteiger partial charge in [-0.05, 0) is 31.3 Å². The van der Waals surface area contributed by atoms with Crippen molar-refractivity contribution in [2.24, 2.45) is 0 Å². The standard InChI is InChI=1S/C28H43O4P/c1-10-11-18-33(23-16-12-14-21(27(2,3)4)25(23)31-19-29-8)24-17-13-15-22(28(5,6)7)26(24)32-20-30-9/h12-17H,10-11,18-20H2,1-9H3. The molecule has 2 rings (SSSR count). The highest BCUT2D eigenvalue weighted by Crippen LogP contribution is 2.46. The summed E-state index contributed by atoms with van der Waals surface area (Å²) < 4.78 is 23.2. The van der Waals surface area contributed by atoms with Crippen LogP contribution in [0.5, 0.6) is 11.5 Å². The number of ether oxygens (including phenoxy) is 4. The molecule has 0 heterocycles. The second-order valence-corrected chi connectivity index (χ2v) is 12.7. The van der Waals surface area contributed by atoms with Crippen molar-refractivity contribution in [2.45, 2.75) is 72.1 Å². The molecule has 0 amide bonds. The van der Waals surface area contributed by atoms with Gasteiger partial charge in [-0.2, -0.15) is 0 Å². The molecule has 0 aliphatic heterocycles. The van der Waals surface area contributed by atoms with Gasteiger partial charge in [0.2, 0.25) is 0 Å². The quantitative estimate of drug-likeness (QED) is 0.276. The average Bonchev–Trinajstić information content (AvgIpc) is 2.75. The summed E-state index contributed by atoms with van der Waals surface area (Å²) in [7, 11) is 2.62. The van der Waals surface area contributed by atoms with E-state index in [9.17, 15) is 0 Å². The molecule has 0 unspecified atom stereocenters. The molecular weight excluding hydrogens is 431 g/mol. The monoisotopic (exact) mass is 474 g/mol. The smallest absolute Gasteiger partial charge is 0.188 e. The Hall–Kier alpha value is -1.61. The Labute approximate surface area is 202 Å². The van der Waals surface area contributed by atoms with Gasteiger partial charge < -0.3 is 18.9 Å². The van der Waals surface area contributed by atoms with E-state index in [1.54, 1.807) is 14.2 Å². The fraction of sp³-hybridized carbons (Fsp3) is 0.571. The Kier molecular flexibility index (Phi) is 10.2. The molecule has 0 fully saturated rings. The van der Waals surface area contributed by atoms with E-state index in [-0.39, 0.29) is 24.4 Å². The number of benzene rings is 2. The molecule has 0 saturated heterocycles. The number of rotatable bonds is 11. The van der Waals surface area contributed by atoms with Crippen LogP contribution < -0.4 is 20.1 Å². The van der Waals surface area contributed by atoms with Crippen molar-refractivity contribution >= 4 is 18.5 Å². The van der Waals surface area contributed by atoms with Crippen LogP contribution in [0.1, 0.15) is 72.4 Å². The number of methoxy groups -OCH3 is 2. The second-order valence-electron chi connectivity index (χ2n) is 10.4. The molecule has 2 aromatic rings. The van der Waals surface area contributed by atoms with Crippen molar-refractivity contribution in [1.82, 2.24) is 0 Å². The summed E-state index contributed by atoms with van der Waals surface area (Å²) in [5.41, 5.74) is 2.31. The fourth-order valence-electron chi connectivity index (χ4n) is 3.88. The minimum absolute atomic E-state index is 0.0481. The van der Waals surface area contributed by atoms with E-state index in [2.05, 4.69) is 84.9 Å².